The third-order valence-electron chi connectivity index (χ3n) is 7.06. The Hall–Kier alpha value is -2.92. The van der Waals surface area contributed by atoms with Crippen molar-refractivity contribution in [3.63, 3.8) is 0 Å². The van der Waals surface area contributed by atoms with Crippen molar-refractivity contribution < 1.29 is 0 Å². The second-order valence-electron chi connectivity index (χ2n) is 11.7. The summed E-state index contributed by atoms with van der Waals surface area (Å²) in [4.78, 5) is 10.2. The van der Waals surface area contributed by atoms with Gasteiger partial charge in [-0.1, -0.05) is 88.4 Å². The fourth-order valence-electron chi connectivity index (χ4n) is 5.05. The van der Waals surface area contributed by atoms with E-state index in [0.29, 0.717) is 0 Å². The number of hydrogen-bond acceptors (Lipinski definition) is 4. The maximum absolute atomic E-state index is 5.20. The summed E-state index contributed by atoms with van der Waals surface area (Å²) in [6, 6.07) is 17.6. The Bertz CT molecular complexity index is 1300. The Balaban J connectivity index is 1.60. The second-order valence-corrected chi connectivity index (χ2v) is 11.7. The fourth-order valence-corrected chi connectivity index (χ4v) is 5.05. The van der Waals surface area contributed by atoms with Gasteiger partial charge in [0.05, 0.1) is 11.0 Å². The molecule has 0 unspecified atom stereocenters. The molecule has 0 atom stereocenters. The molecule has 0 aliphatic carbocycles. The quantitative estimate of drug-likeness (QED) is 0.167. The standard InChI is InChI=1S/C33H47N5/c1-6-8-10-11-14-22-34-23-25-18-20-26(21-19-25)24-38-29(17-9-7-2)36-30-31(38)27-15-12-13-16-28(27)35-32(30)37-33(3,4)5/h12-13,15-16,18-21,34H,6-11,14,17,22-24H2,1-5H3,(H,35,37). The first-order chi connectivity index (χ1) is 18.4. The topological polar surface area (TPSA) is 54.8 Å². The highest BCUT2D eigenvalue weighted by atomic mass is 15.1. The zero-order valence-corrected chi connectivity index (χ0v) is 24.2. The molecule has 2 heterocycles. The Kier molecular flexibility index (Phi) is 9.79. The van der Waals surface area contributed by atoms with Crippen LogP contribution in [0, 0.1) is 0 Å². The molecule has 0 fully saturated rings. The number of unbranched alkanes of at least 4 members (excludes halogenated alkanes) is 5. The lowest BCUT2D eigenvalue weighted by Crippen LogP contribution is -2.26. The van der Waals surface area contributed by atoms with Crippen molar-refractivity contribution in [2.24, 2.45) is 0 Å². The van der Waals surface area contributed by atoms with Gasteiger partial charge in [-0.15, -0.1) is 0 Å². The highest BCUT2D eigenvalue weighted by Gasteiger charge is 2.21. The van der Waals surface area contributed by atoms with E-state index in [0.717, 1.165) is 67.0 Å². The van der Waals surface area contributed by atoms with E-state index in [-0.39, 0.29) is 5.54 Å². The first-order valence-corrected chi connectivity index (χ1v) is 14.7. The van der Waals surface area contributed by atoms with Gasteiger partial charge in [0.1, 0.15) is 11.3 Å². The first kappa shape index (κ1) is 28.1. The van der Waals surface area contributed by atoms with Gasteiger partial charge in [0.25, 0.3) is 0 Å². The maximum atomic E-state index is 5.20. The van der Waals surface area contributed by atoms with E-state index in [9.17, 15) is 0 Å². The number of nitrogens with zero attached hydrogens (tertiary/aromatic N) is 3. The number of rotatable bonds is 14. The van der Waals surface area contributed by atoms with Gasteiger partial charge in [-0.3, -0.25) is 0 Å². The number of nitrogens with one attached hydrogen (secondary N) is 2. The lowest BCUT2D eigenvalue weighted by molar-refractivity contribution is 0.583. The van der Waals surface area contributed by atoms with Gasteiger partial charge in [0.15, 0.2) is 5.82 Å². The molecular weight excluding hydrogens is 466 g/mol. The lowest BCUT2D eigenvalue weighted by Gasteiger charge is -2.22. The molecule has 0 saturated heterocycles. The minimum Gasteiger partial charge on any atom is -0.364 e. The lowest BCUT2D eigenvalue weighted by atomic mass is 10.1. The Morgan fingerprint density at radius 2 is 1.50 bits per heavy atom. The number of fused-ring (bicyclic) bond motifs is 3. The van der Waals surface area contributed by atoms with Crippen LogP contribution in [0.2, 0.25) is 0 Å². The van der Waals surface area contributed by atoms with E-state index in [1.165, 1.54) is 48.7 Å². The molecule has 0 aliphatic rings. The van der Waals surface area contributed by atoms with Crippen LogP contribution in [0.1, 0.15) is 96.5 Å². The molecule has 0 amide bonds. The van der Waals surface area contributed by atoms with Crippen molar-refractivity contribution in [1.29, 1.82) is 0 Å². The van der Waals surface area contributed by atoms with Crippen LogP contribution in [0.25, 0.3) is 21.9 Å². The number of aryl methyl sites for hydroxylation is 1. The molecule has 4 rings (SSSR count). The molecule has 4 aromatic rings. The fraction of sp³-hybridized carbons (Fsp3) is 0.515. The Morgan fingerprint density at radius 3 is 2.24 bits per heavy atom. The molecule has 0 aliphatic heterocycles. The van der Waals surface area contributed by atoms with Gasteiger partial charge < -0.3 is 15.2 Å². The zero-order valence-electron chi connectivity index (χ0n) is 24.2. The number of aromatic nitrogens is 3. The number of hydrogen-bond donors (Lipinski definition) is 2. The smallest absolute Gasteiger partial charge is 0.155 e. The number of imidazole rings is 1. The molecule has 0 spiro atoms. The van der Waals surface area contributed by atoms with Crippen LogP contribution < -0.4 is 10.6 Å². The Morgan fingerprint density at radius 1 is 0.789 bits per heavy atom. The summed E-state index contributed by atoms with van der Waals surface area (Å²) < 4.78 is 2.44. The minimum absolute atomic E-state index is 0.102. The van der Waals surface area contributed by atoms with E-state index >= 15 is 0 Å². The van der Waals surface area contributed by atoms with Gasteiger partial charge in [-0.25, -0.2) is 9.97 Å². The van der Waals surface area contributed by atoms with Crippen LogP contribution in [0.5, 0.6) is 0 Å². The normalized spacial score (nSPS) is 12.0. The summed E-state index contributed by atoms with van der Waals surface area (Å²) in [5.74, 6) is 2.02. The van der Waals surface area contributed by atoms with Gasteiger partial charge in [0.2, 0.25) is 0 Å². The largest absolute Gasteiger partial charge is 0.364 e. The van der Waals surface area contributed by atoms with E-state index < -0.39 is 0 Å². The second kappa shape index (κ2) is 13.2. The molecule has 0 saturated carbocycles. The number of anilines is 1. The summed E-state index contributed by atoms with van der Waals surface area (Å²) >= 11 is 0. The molecule has 38 heavy (non-hydrogen) atoms. The predicted octanol–water partition coefficient (Wildman–Crippen LogP) is 8.25. The van der Waals surface area contributed by atoms with Crippen molar-refractivity contribution >= 4 is 27.8 Å². The molecule has 5 nitrogen and oxygen atoms in total. The van der Waals surface area contributed by atoms with Crippen LogP contribution in [0.15, 0.2) is 48.5 Å². The SMILES string of the molecule is CCCCCCCNCc1ccc(Cn2c(CCCC)nc3c(NC(C)(C)C)nc4ccccc4c32)cc1. The van der Waals surface area contributed by atoms with Crippen molar-refractivity contribution in [3.8, 4) is 0 Å². The van der Waals surface area contributed by atoms with E-state index in [1.54, 1.807) is 0 Å². The first-order valence-electron chi connectivity index (χ1n) is 14.7. The van der Waals surface area contributed by atoms with E-state index in [2.05, 4.69) is 98.4 Å². The highest BCUT2D eigenvalue weighted by molar-refractivity contribution is 6.07. The van der Waals surface area contributed by atoms with Gasteiger partial charge in [0, 0.05) is 30.4 Å². The average Bonchev–Trinajstić information content (AvgIpc) is 3.25. The van der Waals surface area contributed by atoms with Crippen molar-refractivity contribution in [2.75, 3.05) is 11.9 Å². The summed E-state index contributed by atoms with van der Waals surface area (Å²) in [5, 5.41) is 8.41. The third kappa shape index (κ3) is 7.35. The molecule has 0 radical (unpaired) electrons. The van der Waals surface area contributed by atoms with Crippen LogP contribution >= 0.6 is 0 Å². The monoisotopic (exact) mass is 513 g/mol. The minimum atomic E-state index is -0.102. The van der Waals surface area contributed by atoms with Gasteiger partial charge >= 0.3 is 0 Å². The van der Waals surface area contributed by atoms with Crippen molar-refractivity contribution in [3.05, 3.63) is 65.5 Å². The molecule has 2 aromatic heterocycles. The number of benzene rings is 2. The predicted molar refractivity (Wildman–Crippen MR) is 163 cm³/mol. The zero-order chi connectivity index (χ0) is 27.0. The summed E-state index contributed by atoms with van der Waals surface area (Å²) in [6.45, 7) is 13.9. The molecule has 2 aromatic carbocycles. The molecular formula is C33H47N5. The molecule has 204 valence electrons. The van der Waals surface area contributed by atoms with E-state index in [4.69, 9.17) is 9.97 Å². The van der Waals surface area contributed by atoms with Crippen LogP contribution in [0.3, 0.4) is 0 Å². The third-order valence-corrected chi connectivity index (χ3v) is 7.06. The summed E-state index contributed by atoms with van der Waals surface area (Å²) in [6.07, 6.45) is 9.85. The Labute approximate surface area is 229 Å². The summed E-state index contributed by atoms with van der Waals surface area (Å²) in [5.41, 5.74) is 5.71. The van der Waals surface area contributed by atoms with Crippen molar-refractivity contribution in [2.45, 2.75) is 105 Å². The average molecular weight is 514 g/mol. The summed E-state index contributed by atoms with van der Waals surface area (Å²) in [7, 11) is 0. The van der Waals surface area contributed by atoms with Crippen LogP contribution in [0.4, 0.5) is 5.82 Å². The molecule has 0 bridgehead atoms. The number of para-hydroxylation sites is 1. The van der Waals surface area contributed by atoms with Gasteiger partial charge in [-0.2, -0.15) is 0 Å². The number of pyridine rings is 1. The highest BCUT2D eigenvalue weighted by Crippen LogP contribution is 2.32. The van der Waals surface area contributed by atoms with Gasteiger partial charge in [-0.05, 0) is 57.4 Å². The van der Waals surface area contributed by atoms with Crippen molar-refractivity contribution in [1.82, 2.24) is 19.9 Å². The molecule has 2 N–H and O–H groups in total. The maximum Gasteiger partial charge on any atom is 0.155 e. The molecule has 5 heteroatoms. The van der Waals surface area contributed by atoms with Crippen LogP contribution in [-0.2, 0) is 19.5 Å². The van der Waals surface area contributed by atoms with Crippen LogP contribution in [-0.4, -0.2) is 26.6 Å². The van der Waals surface area contributed by atoms with E-state index in [1.807, 2.05) is 0 Å².